The molecule has 2 unspecified atom stereocenters. The Morgan fingerprint density at radius 3 is 2.44 bits per heavy atom. The summed E-state index contributed by atoms with van der Waals surface area (Å²) >= 11 is 0. The van der Waals surface area contributed by atoms with Gasteiger partial charge in [-0.25, -0.2) is 0 Å². The second-order valence-corrected chi connectivity index (χ2v) is 7.54. The Hall–Kier alpha value is -3.08. The van der Waals surface area contributed by atoms with Crippen LogP contribution in [0.3, 0.4) is 0 Å². The zero-order valence-corrected chi connectivity index (χ0v) is 17.1. The fraction of sp³-hybridized carbons (Fsp3) is 0.381. The third-order valence-corrected chi connectivity index (χ3v) is 5.06. The summed E-state index contributed by atoms with van der Waals surface area (Å²) in [6, 6.07) is 4.00. The Balaban J connectivity index is 1.86. The summed E-state index contributed by atoms with van der Waals surface area (Å²) in [4.78, 5) is 6.12. The molecule has 0 bridgehead atoms. The van der Waals surface area contributed by atoms with E-state index in [0.29, 0.717) is 35.7 Å². The molecule has 0 N–H and O–H groups in total. The van der Waals surface area contributed by atoms with Gasteiger partial charge in [-0.15, -0.1) is 10.2 Å². The van der Waals surface area contributed by atoms with Gasteiger partial charge in [0.2, 0.25) is 0 Å². The molecule has 0 saturated carbocycles. The summed E-state index contributed by atoms with van der Waals surface area (Å²) in [7, 11) is 0. The number of nitrogens with zero attached hydrogens (tertiary/aromatic N) is 4. The lowest BCUT2D eigenvalue weighted by Crippen LogP contribution is -2.46. The number of aromatic nitrogens is 3. The molecular formula is C21H19F5N4O2. The monoisotopic (exact) mass is 454 g/mol. The lowest BCUT2D eigenvalue weighted by molar-refractivity contribution is -0.138. The van der Waals surface area contributed by atoms with Crippen LogP contribution >= 0.6 is 0 Å². The largest absolute Gasteiger partial charge is 0.434 e. The van der Waals surface area contributed by atoms with Crippen LogP contribution in [0, 0.1) is 0 Å². The fourth-order valence-corrected chi connectivity index (χ4v) is 3.86. The highest BCUT2D eigenvalue weighted by Crippen LogP contribution is 2.40. The Bertz CT molecular complexity index is 1120. The molecule has 0 spiro atoms. The Labute approximate surface area is 180 Å². The molecule has 1 fully saturated rings. The maximum absolute atomic E-state index is 13.1. The molecule has 1 aromatic carbocycles. The van der Waals surface area contributed by atoms with Crippen LogP contribution in [0.2, 0.25) is 0 Å². The minimum absolute atomic E-state index is 0.0303. The normalized spacial score (nSPS) is 19.6. The number of hydrogen-bond acceptors (Lipinski definition) is 6. The van der Waals surface area contributed by atoms with Crippen molar-refractivity contribution >= 4 is 16.6 Å². The van der Waals surface area contributed by atoms with Gasteiger partial charge in [0.1, 0.15) is 11.4 Å². The third kappa shape index (κ3) is 4.43. The molecule has 2 aromatic heterocycles. The molecular weight excluding hydrogens is 435 g/mol. The molecule has 0 amide bonds. The van der Waals surface area contributed by atoms with Crippen molar-refractivity contribution < 1.29 is 31.4 Å². The second kappa shape index (κ2) is 8.45. The lowest BCUT2D eigenvalue weighted by Gasteiger charge is -2.36. The highest BCUT2D eigenvalue weighted by Gasteiger charge is 2.32. The number of alkyl halides is 5. The summed E-state index contributed by atoms with van der Waals surface area (Å²) in [6.07, 6.45) is -1.77. The van der Waals surface area contributed by atoms with Gasteiger partial charge in [0, 0.05) is 41.8 Å². The van der Waals surface area contributed by atoms with Crippen molar-refractivity contribution in [1.29, 1.82) is 0 Å². The number of anilines is 1. The van der Waals surface area contributed by atoms with Crippen LogP contribution in [0.15, 0.2) is 36.7 Å². The number of pyridine rings is 1. The summed E-state index contributed by atoms with van der Waals surface area (Å²) in [5, 5.41) is 9.56. The van der Waals surface area contributed by atoms with Gasteiger partial charge in [-0.05, 0) is 38.1 Å². The highest BCUT2D eigenvalue weighted by atomic mass is 19.4. The van der Waals surface area contributed by atoms with Gasteiger partial charge in [0.05, 0.1) is 17.8 Å². The van der Waals surface area contributed by atoms with Crippen molar-refractivity contribution in [2.75, 3.05) is 18.0 Å². The van der Waals surface area contributed by atoms with Crippen LogP contribution < -0.4 is 9.64 Å². The van der Waals surface area contributed by atoms with E-state index in [1.807, 2.05) is 18.7 Å². The predicted octanol–water partition coefficient (Wildman–Crippen LogP) is 4.93. The van der Waals surface area contributed by atoms with E-state index in [1.165, 1.54) is 6.20 Å². The number of benzene rings is 1. The summed E-state index contributed by atoms with van der Waals surface area (Å²) < 4.78 is 75.5. The Morgan fingerprint density at radius 1 is 1.06 bits per heavy atom. The summed E-state index contributed by atoms with van der Waals surface area (Å²) in [5.41, 5.74) is -1.02. The maximum Gasteiger partial charge on any atom is 0.416 e. The molecule has 1 aliphatic rings. The third-order valence-electron chi connectivity index (χ3n) is 5.06. The van der Waals surface area contributed by atoms with Gasteiger partial charge in [-0.2, -0.15) is 22.0 Å². The molecule has 170 valence electrons. The molecule has 3 heterocycles. The number of rotatable bonds is 4. The van der Waals surface area contributed by atoms with Gasteiger partial charge in [0.15, 0.2) is 5.82 Å². The van der Waals surface area contributed by atoms with Crippen molar-refractivity contribution in [3.05, 3.63) is 42.2 Å². The molecule has 4 rings (SSSR count). The molecule has 1 aliphatic heterocycles. The summed E-state index contributed by atoms with van der Waals surface area (Å²) in [5.74, 6) is -0.106. The quantitative estimate of drug-likeness (QED) is 0.522. The molecule has 6 nitrogen and oxygen atoms in total. The average Bonchev–Trinajstić information content (AvgIpc) is 2.71. The van der Waals surface area contributed by atoms with E-state index < -0.39 is 24.1 Å². The number of hydrogen-bond donors (Lipinski definition) is 0. The Kier molecular flexibility index (Phi) is 5.85. The van der Waals surface area contributed by atoms with Gasteiger partial charge in [-0.3, -0.25) is 4.98 Å². The first-order chi connectivity index (χ1) is 15.1. The van der Waals surface area contributed by atoms with Gasteiger partial charge < -0.3 is 14.4 Å². The predicted molar refractivity (Wildman–Crippen MR) is 107 cm³/mol. The van der Waals surface area contributed by atoms with Crippen LogP contribution in [0.25, 0.3) is 22.0 Å². The van der Waals surface area contributed by atoms with E-state index in [-0.39, 0.29) is 23.5 Å². The molecule has 0 radical (unpaired) electrons. The molecule has 2 atom stereocenters. The second-order valence-electron chi connectivity index (χ2n) is 7.54. The lowest BCUT2D eigenvalue weighted by atomic mass is 10.0. The van der Waals surface area contributed by atoms with Gasteiger partial charge in [-0.1, -0.05) is 0 Å². The Morgan fingerprint density at radius 2 is 1.78 bits per heavy atom. The van der Waals surface area contributed by atoms with Crippen LogP contribution in [0.5, 0.6) is 5.75 Å². The minimum Gasteiger partial charge on any atom is -0.434 e. The van der Waals surface area contributed by atoms with E-state index in [2.05, 4.69) is 19.9 Å². The number of halogens is 5. The summed E-state index contributed by atoms with van der Waals surface area (Å²) in [6.45, 7) is 1.67. The first-order valence-corrected chi connectivity index (χ1v) is 9.80. The van der Waals surface area contributed by atoms with Crippen molar-refractivity contribution in [3.8, 4) is 17.0 Å². The SMILES string of the molecule is CC1CN(c2nnc(-c3ccc(C(F)(F)F)cc3OC(F)F)c3ccncc23)CC(C)O1. The number of morpholine rings is 1. The van der Waals surface area contributed by atoms with Crippen LogP contribution in [0.4, 0.5) is 27.8 Å². The molecule has 1 saturated heterocycles. The van der Waals surface area contributed by atoms with E-state index >= 15 is 0 Å². The van der Waals surface area contributed by atoms with E-state index in [9.17, 15) is 22.0 Å². The van der Waals surface area contributed by atoms with Crippen molar-refractivity contribution in [2.24, 2.45) is 0 Å². The highest BCUT2D eigenvalue weighted by molar-refractivity contribution is 6.00. The first-order valence-electron chi connectivity index (χ1n) is 9.80. The minimum atomic E-state index is -4.72. The smallest absolute Gasteiger partial charge is 0.416 e. The maximum atomic E-state index is 13.1. The fourth-order valence-electron chi connectivity index (χ4n) is 3.86. The van der Waals surface area contributed by atoms with Crippen LogP contribution in [0.1, 0.15) is 19.4 Å². The van der Waals surface area contributed by atoms with Crippen molar-refractivity contribution in [2.45, 2.75) is 38.8 Å². The van der Waals surface area contributed by atoms with Crippen LogP contribution in [-0.4, -0.2) is 47.1 Å². The molecule has 11 heteroatoms. The van der Waals surface area contributed by atoms with E-state index in [1.54, 1.807) is 12.3 Å². The van der Waals surface area contributed by atoms with E-state index in [0.717, 1.165) is 12.1 Å². The van der Waals surface area contributed by atoms with Crippen molar-refractivity contribution in [3.63, 3.8) is 0 Å². The van der Waals surface area contributed by atoms with Gasteiger partial charge >= 0.3 is 12.8 Å². The first kappa shape index (κ1) is 22.1. The zero-order chi connectivity index (χ0) is 23.0. The molecule has 0 aliphatic carbocycles. The van der Waals surface area contributed by atoms with Crippen LogP contribution in [-0.2, 0) is 10.9 Å². The van der Waals surface area contributed by atoms with Gasteiger partial charge in [0.25, 0.3) is 0 Å². The number of ether oxygens (including phenoxy) is 2. The number of fused-ring (bicyclic) bond motifs is 1. The van der Waals surface area contributed by atoms with E-state index in [4.69, 9.17) is 4.74 Å². The standard InChI is InChI=1S/C21H19F5N4O2/c1-11-9-30(10-12(2)31-11)19-16-8-27-6-5-14(16)18(28-29-19)15-4-3-13(21(24,25)26)7-17(15)32-20(22)23/h3-8,11-12,20H,9-10H2,1-2H3. The average molecular weight is 454 g/mol. The zero-order valence-electron chi connectivity index (χ0n) is 17.1. The van der Waals surface area contributed by atoms with Crippen molar-refractivity contribution in [1.82, 2.24) is 15.2 Å². The topological polar surface area (TPSA) is 60.4 Å². The molecule has 32 heavy (non-hydrogen) atoms. The molecule has 3 aromatic rings.